The monoisotopic (exact) mass is 236 g/mol. The number of rotatable bonds is 7. The number of carbonyl (C=O) groups is 1. The highest BCUT2D eigenvalue weighted by molar-refractivity contribution is 5.85. The number of halogens is 1. The second-order valence-electron chi connectivity index (χ2n) is 3.55. The van der Waals surface area contributed by atoms with Crippen LogP contribution in [-0.4, -0.2) is 38.8 Å². The minimum atomic E-state index is 0. The summed E-state index contributed by atoms with van der Waals surface area (Å²) in [5.74, 6) is 0.405. The minimum absolute atomic E-state index is 0. The van der Waals surface area contributed by atoms with Gasteiger partial charge in [-0.25, -0.2) is 0 Å². The zero-order valence-corrected chi connectivity index (χ0v) is 10.1. The van der Waals surface area contributed by atoms with Crippen molar-refractivity contribution in [2.75, 3.05) is 32.8 Å². The molecule has 0 aromatic heterocycles. The lowest BCUT2D eigenvalue weighted by Gasteiger charge is -2.25. The van der Waals surface area contributed by atoms with Gasteiger partial charge >= 0.3 is 0 Å². The van der Waals surface area contributed by atoms with Gasteiger partial charge in [-0.15, -0.1) is 12.4 Å². The lowest BCUT2D eigenvalue weighted by molar-refractivity contribution is -0.126. The molecule has 1 rings (SSSR count). The first-order chi connectivity index (χ1) is 6.84. The summed E-state index contributed by atoms with van der Waals surface area (Å²) in [6.45, 7) is 6.03. The van der Waals surface area contributed by atoms with Gasteiger partial charge in [-0.3, -0.25) is 4.79 Å². The molecule has 0 atom stereocenters. The van der Waals surface area contributed by atoms with Crippen molar-refractivity contribution in [3.63, 3.8) is 0 Å². The molecule has 15 heavy (non-hydrogen) atoms. The van der Waals surface area contributed by atoms with Gasteiger partial charge in [-0.05, 0) is 19.8 Å². The summed E-state index contributed by atoms with van der Waals surface area (Å²) in [6, 6.07) is 0. The zero-order chi connectivity index (χ0) is 10.2. The van der Waals surface area contributed by atoms with E-state index >= 15 is 0 Å². The van der Waals surface area contributed by atoms with E-state index in [-0.39, 0.29) is 24.2 Å². The van der Waals surface area contributed by atoms with Gasteiger partial charge in [0.05, 0.1) is 5.92 Å². The molecule has 1 aliphatic heterocycles. The Bertz CT molecular complexity index is 175. The summed E-state index contributed by atoms with van der Waals surface area (Å²) in [5, 5.41) is 6.01. The first kappa shape index (κ1) is 14.7. The standard InChI is InChI=1S/C10H20N2O2.ClH/c1-2-14-6-4-3-5-12-10(13)9-7-11-8-9;/h9,11H,2-8H2,1H3,(H,12,13);1H. The molecule has 4 nitrogen and oxygen atoms in total. The lowest BCUT2D eigenvalue weighted by atomic mass is 10.0. The number of unbranched alkanes of at least 4 members (excludes halogenated alkanes) is 1. The van der Waals surface area contributed by atoms with Crippen molar-refractivity contribution in [3.8, 4) is 0 Å². The van der Waals surface area contributed by atoms with E-state index in [1.165, 1.54) is 0 Å². The molecule has 0 unspecified atom stereocenters. The Balaban J connectivity index is 0.00000196. The van der Waals surface area contributed by atoms with Crippen LogP contribution < -0.4 is 10.6 Å². The summed E-state index contributed by atoms with van der Waals surface area (Å²) < 4.78 is 5.20. The summed E-state index contributed by atoms with van der Waals surface area (Å²) in [6.07, 6.45) is 2.03. The maximum Gasteiger partial charge on any atom is 0.225 e. The highest BCUT2D eigenvalue weighted by atomic mass is 35.5. The van der Waals surface area contributed by atoms with Crippen LogP contribution in [0.3, 0.4) is 0 Å². The Labute approximate surface area is 97.5 Å². The Morgan fingerprint density at radius 1 is 1.47 bits per heavy atom. The summed E-state index contributed by atoms with van der Waals surface area (Å²) in [5.41, 5.74) is 0. The Morgan fingerprint density at radius 2 is 2.20 bits per heavy atom. The van der Waals surface area contributed by atoms with Crippen LogP contribution in [-0.2, 0) is 9.53 Å². The fraction of sp³-hybridized carbons (Fsp3) is 0.900. The highest BCUT2D eigenvalue weighted by Crippen LogP contribution is 2.01. The van der Waals surface area contributed by atoms with Crippen LogP contribution in [0.5, 0.6) is 0 Å². The number of carbonyl (C=O) groups excluding carboxylic acids is 1. The zero-order valence-electron chi connectivity index (χ0n) is 9.25. The van der Waals surface area contributed by atoms with Gasteiger partial charge in [0, 0.05) is 32.8 Å². The molecule has 1 amide bonds. The van der Waals surface area contributed by atoms with E-state index in [9.17, 15) is 4.79 Å². The van der Waals surface area contributed by atoms with Crippen molar-refractivity contribution in [1.82, 2.24) is 10.6 Å². The van der Waals surface area contributed by atoms with Crippen molar-refractivity contribution in [1.29, 1.82) is 0 Å². The van der Waals surface area contributed by atoms with Crippen LogP contribution in [0.15, 0.2) is 0 Å². The van der Waals surface area contributed by atoms with Crippen LogP contribution >= 0.6 is 12.4 Å². The third-order valence-electron chi connectivity index (χ3n) is 2.37. The summed E-state index contributed by atoms with van der Waals surface area (Å²) in [4.78, 5) is 11.3. The quantitative estimate of drug-likeness (QED) is 0.636. The van der Waals surface area contributed by atoms with Gasteiger partial charge in [-0.1, -0.05) is 0 Å². The van der Waals surface area contributed by atoms with Crippen LogP contribution in [0, 0.1) is 5.92 Å². The number of amides is 1. The summed E-state index contributed by atoms with van der Waals surface area (Å²) >= 11 is 0. The molecule has 1 heterocycles. The van der Waals surface area contributed by atoms with E-state index in [4.69, 9.17) is 4.74 Å². The molecular formula is C10H21ClN2O2. The van der Waals surface area contributed by atoms with E-state index in [2.05, 4.69) is 10.6 Å². The normalized spacial score (nSPS) is 15.3. The molecule has 90 valence electrons. The van der Waals surface area contributed by atoms with E-state index in [0.29, 0.717) is 0 Å². The lowest BCUT2D eigenvalue weighted by Crippen LogP contribution is -2.50. The molecule has 5 heteroatoms. The predicted molar refractivity (Wildman–Crippen MR) is 62.3 cm³/mol. The molecule has 2 N–H and O–H groups in total. The molecule has 0 spiro atoms. The topological polar surface area (TPSA) is 50.4 Å². The number of nitrogens with one attached hydrogen (secondary N) is 2. The van der Waals surface area contributed by atoms with Gasteiger partial charge in [0.15, 0.2) is 0 Å². The molecule has 0 saturated carbocycles. The molecule has 1 fully saturated rings. The van der Waals surface area contributed by atoms with Gasteiger partial charge in [0.2, 0.25) is 5.91 Å². The van der Waals surface area contributed by atoms with Crippen molar-refractivity contribution < 1.29 is 9.53 Å². The fourth-order valence-corrected chi connectivity index (χ4v) is 1.30. The molecule has 0 aromatic carbocycles. The van der Waals surface area contributed by atoms with Crippen LogP contribution in [0.4, 0.5) is 0 Å². The average molecular weight is 237 g/mol. The Kier molecular flexibility index (Phi) is 8.76. The number of hydrogen-bond acceptors (Lipinski definition) is 3. The molecule has 1 saturated heterocycles. The number of hydrogen-bond donors (Lipinski definition) is 2. The van der Waals surface area contributed by atoms with E-state index < -0.39 is 0 Å². The van der Waals surface area contributed by atoms with Crippen LogP contribution in [0.1, 0.15) is 19.8 Å². The molecule has 0 radical (unpaired) electrons. The Hall–Kier alpha value is -0.320. The van der Waals surface area contributed by atoms with E-state index in [0.717, 1.165) is 45.7 Å². The van der Waals surface area contributed by atoms with Crippen molar-refractivity contribution in [2.24, 2.45) is 5.92 Å². The second-order valence-corrected chi connectivity index (χ2v) is 3.55. The smallest absolute Gasteiger partial charge is 0.225 e. The van der Waals surface area contributed by atoms with Gasteiger partial charge in [0.25, 0.3) is 0 Å². The number of ether oxygens (including phenoxy) is 1. The SMILES string of the molecule is CCOCCCCNC(=O)C1CNC1.Cl. The molecule has 1 aliphatic rings. The van der Waals surface area contributed by atoms with E-state index in [1.54, 1.807) is 0 Å². The molecule has 0 aliphatic carbocycles. The second kappa shape index (κ2) is 8.95. The first-order valence-electron chi connectivity index (χ1n) is 5.40. The third kappa shape index (κ3) is 5.97. The van der Waals surface area contributed by atoms with Crippen molar-refractivity contribution in [3.05, 3.63) is 0 Å². The van der Waals surface area contributed by atoms with Crippen molar-refractivity contribution >= 4 is 18.3 Å². The van der Waals surface area contributed by atoms with Crippen LogP contribution in [0.2, 0.25) is 0 Å². The average Bonchev–Trinajstić information content (AvgIpc) is 2.08. The largest absolute Gasteiger partial charge is 0.382 e. The Morgan fingerprint density at radius 3 is 2.73 bits per heavy atom. The van der Waals surface area contributed by atoms with Crippen molar-refractivity contribution in [2.45, 2.75) is 19.8 Å². The van der Waals surface area contributed by atoms with E-state index in [1.807, 2.05) is 6.92 Å². The first-order valence-corrected chi connectivity index (χ1v) is 5.40. The molecular weight excluding hydrogens is 216 g/mol. The van der Waals surface area contributed by atoms with Gasteiger partial charge in [0.1, 0.15) is 0 Å². The maximum atomic E-state index is 11.3. The molecule has 0 bridgehead atoms. The maximum absolute atomic E-state index is 11.3. The van der Waals surface area contributed by atoms with Gasteiger partial charge < -0.3 is 15.4 Å². The fourth-order valence-electron chi connectivity index (χ4n) is 1.30. The molecule has 0 aromatic rings. The summed E-state index contributed by atoms with van der Waals surface area (Å²) in [7, 11) is 0. The van der Waals surface area contributed by atoms with Crippen LogP contribution in [0.25, 0.3) is 0 Å². The highest BCUT2D eigenvalue weighted by Gasteiger charge is 2.23. The third-order valence-corrected chi connectivity index (χ3v) is 2.37. The van der Waals surface area contributed by atoms with Gasteiger partial charge in [-0.2, -0.15) is 0 Å². The minimum Gasteiger partial charge on any atom is -0.382 e. The predicted octanol–water partition coefficient (Wildman–Crippen LogP) is 0.560.